The van der Waals surface area contributed by atoms with Crippen LogP contribution < -0.4 is 10.0 Å². The van der Waals surface area contributed by atoms with Crippen molar-refractivity contribution in [3.8, 4) is 0 Å². The number of hydrogen-bond acceptors (Lipinski definition) is 3. The Kier molecular flexibility index (Phi) is 5.19. The molecule has 0 spiro atoms. The van der Waals surface area contributed by atoms with E-state index < -0.39 is 16.1 Å². The Hall–Kier alpha value is -2.31. The molecule has 22 heavy (non-hydrogen) atoms. The van der Waals surface area contributed by atoms with Crippen molar-refractivity contribution in [2.75, 3.05) is 5.32 Å². The van der Waals surface area contributed by atoms with E-state index in [2.05, 4.69) is 5.32 Å². The highest BCUT2D eigenvalue weighted by Crippen LogP contribution is 2.13. The van der Waals surface area contributed by atoms with Gasteiger partial charge in [0.25, 0.3) is 10.0 Å². The highest BCUT2D eigenvalue weighted by atomic mass is 35.5. The first-order valence-corrected chi connectivity index (χ1v) is 8.19. The van der Waals surface area contributed by atoms with Crippen LogP contribution in [0.3, 0.4) is 0 Å². The van der Waals surface area contributed by atoms with Crippen molar-refractivity contribution in [2.45, 2.75) is 0 Å². The summed E-state index contributed by atoms with van der Waals surface area (Å²) in [6.07, 6.45) is 1.40. The molecule has 0 unspecified atom stereocenters. The molecule has 114 valence electrons. The Morgan fingerprint density at radius 1 is 1.00 bits per heavy atom. The van der Waals surface area contributed by atoms with Crippen molar-refractivity contribution in [1.82, 2.24) is 4.72 Å². The summed E-state index contributed by atoms with van der Waals surface area (Å²) in [6.45, 7) is 0. The summed E-state index contributed by atoms with van der Waals surface area (Å²) in [6, 6.07) is 14.3. The summed E-state index contributed by atoms with van der Waals surface area (Å²) in [4.78, 5) is 11.7. The van der Waals surface area contributed by atoms with Gasteiger partial charge in [-0.1, -0.05) is 41.9 Å². The van der Waals surface area contributed by atoms with Gasteiger partial charge in [-0.3, -0.25) is 0 Å². The number of sulfonamides is 1. The fourth-order valence-corrected chi connectivity index (χ4v) is 2.43. The summed E-state index contributed by atoms with van der Waals surface area (Å²) in [7, 11) is -3.88. The number of halogens is 1. The molecule has 0 aliphatic rings. The third kappa shape index (κ3) is 5.23. The van der Waals surface area contributed by atoms with Gasteiger partial charge in [-0.25, -0.2) is 17.9 Å². The molecule has 5 nitrogen and oxygen atoms in total. The summed E-state index contributed by atoms with van der Waals surface area (Å²) >= 11 is 5.72. The van der Waals surface area contributed by atoms with Crippen LogP contribution in [0.25, 0.3) is 6.08 Å². The minimum atomic E-state index is -3.88. The maximum atomic E-state index is 11.8. The average Bonchev–Trinajstić information content (AvgIpc) is 2.48. The van der Waals surface area contributed by atoms with Crippen LogP contribution in [0.15, 0.2) is 60.0 Å². The lowest BCUT2D eigenvalue weighted by molar-refractivity contribution is 0.256. The SMILES string of the molecule is O=C(Nc1ccc(Cl)cc1)NS(=O)(=O)C=Cc1ccccc1. The number of anilines is 1. The van der Waals surface area contributed by atoms with E-state index in [1.165, 1.54) is 6.08 Å². The highest BCUT2D eigenvalue weighted by molar-refractivity contribution is 7.93. The lowest BCUT2D eigenvalue weighted by Gasteiger charge is -2.06. The fraction of sp³-hybridized carbons (Fsp3) is 0. The molecule has 0 atom stereocenters. The van der Waals surface area contributed by atoms with E-state index in [1.54, 1.807) is 48.5 Å². The average molecular weight is 337 g/mol. The molecular formula is C15H13ClN2O3S. The van der Waals surface area contributed by atoms with Gasteiger partial charge in [0.1, 0.15) is 0 Å². The second kappa shape index (κ2) is 7.11. The topological polar surface area (TPSA) is 75.3 Å². The number of amides is 2. The molecule has 0 saturated heterocycles. The largest absolute Gasteiger partial charge is 0.333 e. The molecule has 0 aromatic heterocycles. The highest BCUT2D eigenvalue weighted by Gasteiger charge is 2.10. The normalized spacial score (nSPS) is 11.3. The zero-order valence-corrected chi connectivity index (χ0v) is 12.9. The summed E-state index contributed by atoms with van der Waals surface area (Å²) in [5.41, 5.74) is 1.15. The molecule has 2 amide bonds. The predicted molar refractivity (Wildman–Crippen MR) is 88.0 cm³/mol. The van der Waals surface area contributed by atoms with Crippen molar-refractivity contribution in [3.63, 3.8) is 0 Å². The molecule has 0 bridgehead atoms. The number of rotatable bonds is 4. The Morgan fingerprint density at radius 2 is 1.64 bits per heavy atom. The van der Waals surface area contributed by atoms with Gasteiger partial charge in [0.05, 0.1) is 5.41 Å². The molecule has 0 radical (unpaired) electrons. The van der Waals surface area contributed by atoms with Crippen LogP contribution in [0.5, 0.6) is 0 Å². The van der Waals surface area contributed by atoms with E-state index in [-0.39, 0.29) is 0 Å². The maximum Gasteiger partial charge on any atom is 0.333 e. The minimum absolute atomic E-state index is 0.434. The van der Waals surface area contributed by atoms with E-state index >= 15 is 0 Å². The molecule has 0 aliphatic heterocycles. The smallest absolute Gasteiger partial charge is 0.307 e. The first kappa shape index (κ1) is 16.1. The molecule has 2 rings (SSSR count). The third-order valence-electron chi connectivity index (χ3n) is 2.58. The van der Waals surface area contributed by atoms with Gasteiger partial charge in [-0.05, 0) is 35.9 Å². The van der Waals surface area contributed by atoms with Gasteiger partial charge in [0.2, 0.25) is 0 Å². The van der Waals surface area contributed by atoms with Gasteiger partial charge in [-0.15, -0.1) is 0 Å². The van der Waals surface area contributed by atoms with Crippen LogP contribution in [-0.4, -0.2) is 14.4 Å². The summed E-state index contributed by atoms with van der Waals surface area (Å²) in [5, 5.41) is 3.85. The van der Waals surface area contributed by atoms with Crippen LogP contribution in [0.2, 0.25) is 5.02 Å². The minimum Gasteiger partial charge on any atom is -0.307 e. The van der Waals surface area contributed by atoms with Gasteiger partial charge < -0.3 is 5.32 Å². The zero-order chi connectivity index (χ0) is 16.0. The molecular weight excluding hydrogens is 324 g/mol. The summed E-state index contributed by atoms with van der Waals surface area (Å²) in [5.74, 6) is 0. The van der Waals surface area contributed by atoms with Crippen molar-refractivity contribution in [3.05, 3.63) is 70.6 Å². The number of carbonyl (C=O) groups excluding carboxylic acids is 1. The molecule has 2 aromatic carbocycles. The number of nitrogens with one attached hydrogen (secondary N) is 2. The van der Waals surface area contributed by atoms with Crippen LogP contribution in [0.1, 0.15) is 5.56 Å². The van der Waals surface area contributed by atoms with E-state index in [4.69, 9.17) is 11.6 Å². The maximum absolute atomic E-state index is 11.8. The van der Waals surface area contributed by atoms with E-state index in [0.717, 1.165) is 5.41 Å². The quantitative estimate of drug-likeness (QED) is 0.897. The van der Waals surface area contributed by atoms with Crippen LogP contribution in [0.4, 0.5) is 10.5 Å². The Bertz CT molecular complexity index is 772. The van der Waals surface area contributed by atoms with Crippen LogP contribution in [-0.2, 0) is 10.0 Å². The van der Waals surface area contributed by atoms with E-state index in [1.807, 2.05) is 10.8 Å². The summed E-state index contributed by atoms with van der Waals surface area (Å²) < 4.78 is 25.4. The number of carbonyl (C=O) groups is 1. The Morgan fingerprint density at radius 3 is 2.27 bits per heavy atom. The molecule has 0 aliphatic carbocycles. The Balaban J connectivity index is 1.97. The lowest BCUT2D eigenvalue weighted by atomic mass is 10.2. The third-order valence-corrected chi connectivity index (χ3v) is 3.79. The molecule has 7 heteroatoms. The fourth-order valence-electron chi connectivity index (χ4n) is 1.59. The number of hydrogen-bond donors (Lipinski definition) is 2. The standard InChI is InChI=1S/C15H13ClN2O3S/c16-13-6-8-14(9-7-13)17-15(19)18-22(20,21)11-10-12-4-2-1-3-5-12/h1-11H,(H2,17,18,19). The van der Waals surface area contributed by atoms with Gasteiger partial charge in [-0.2, -0.15) is 0 Å². The lowest BCUT2D eigenvalue weighted by Crippen LogP contribution is -2.32. The molecule has 0 fully saturated rings. The van der Waals surface area contributed by atoms with Crippen LogP contribution >= 0.6 is 11.6 Å². The number of urea groups is 1. The second-order valence-electron chi connectivity index (χ2n) is 4.32. The first-order valence-electron chi connectivity index (χ1n) is 6.27. The van der Waals surface area contributed by atoms with Crippen molar-refractivity contribution in [1.29, 1.82) is 0 Å². The van der Waals surface area contributed by atoms with E-state index in [9.17, 15) is 13.2 Å². The van der Waals surface area contributed by atoms with Gasteiger partial charge in [0, 0.05) is 10.7 Å². The van der Waals surface area contributed by atoms with Crippen molar-refractivity contribution in [2.24, 2.45) is 0 Å². The van der Waals surface area contributed by atoms with E-state index in [0.29, 0.717) is 16.3 Å². The number of benzene rings is 2. The van der Waals surface area contributed by atoms with Crippen LogP contribution in [0, 0.1) is 0 Å². The Labute approximate surface area is 133 Å². The first-order chi connectivity index (χ1) is 10.4. The molecule has 0 saturated carbocycles. The molecule has 2 N–H and O–H groups in total. The van der Waals surface area contributed by atoms with Gasteiger partial charge >= 0.3 is 6.03 Å². The van der Waals surface area contributed by atoms with Crippen molar-refractivity contribution < 1.29 is 13.2 Å². The second-order valence-corrected chi connectivity index (χ2v) is 6.32. The van der Waals surface area contributed by atoms with Crippen molar-refractivity contribution >= 4 is 39.4 Å². The zero-order valence-electron chi connectivity index (χ0n) is 11.4. The molecule has 2 aromatic rings. The van der Waals surface area contributed by atoms with Gasteiger partial charge in [0.15, 0.2) is 0 Å². The molecule has 0 heterocycles. The monoisotopic (exact) mass is 336 g/mol. The predicted octanol–water partition coefficient (Wildman–Crippen LogP) is 3.46.